The van der Waals surface area contributed by atoms with Gasteiger partial charge in [-0.3, -0.25) is 10.1 Å². The van der Waals surface area contributed by atoms with Gasteiger partial charge >= 0.3 is 11.7 Å². The Hall–Kier alpha value is -2.55. The third kappa shape index (κ3) is 3.51. The van der Waals surface area contributed by atoms with Gasteiger partial charge in [0.25, 0.3) is 5.19 Å². The number of benzene rings is 1. The number of hydrogen-bond donors (Lipinski definition) is 0. The Kier molecular flexibility index (Phi) is 4.43. The lowest BCUT2D eigenvalue weighted by molar-refractivity contribution is -0.385. The van der Waals surface area contributed by atoms with E-state index < -0.39 is 10.9 Å². The molecule has 0 atom stereocenters. The molecule has 2 aromatic rings. The topological polar surface area (TPSA) is 104 Å². The maximum absolute atomic E-state index is 11.5. The van der Waals surface area contributed by atoms with Gasteiger partial charge in [0, 0.05) is 6.07 Å². The molecule has 0 amide bonds. The fourth-order valence-electron chi connectivity index (χ4n) is 1.47. The summed E-state index contributed by atoms with van der Waals surface area (Å²) in [5, 5.41) is 18.3. The number of nitro groups is 1. The van der Waals surface area contributed by atoms with Gasteiger partial charge in [0.15, 0.2) is 0 Å². The van der Waals surface area contributed by atoms with E-state index in [9.17, 15) is 14.9 Å². The van der Waals surface area contributed by atoms with E-state index in [1.807, 2.05) is 0 Å². The number of hydrogen-bond acceptors (Lipinski definition) is 8. The van der Waals surface area contributed by atoms with Crippen LogP contribution < -0.4 is 4.74 Å². The minimum atomic E-state index is -0.608. The van der Waals surface area contributed by atoms with Crippen LogP contribution in [-0.2, 0) is 4.74 Å². The summed E-state index contributed by atoms with van der Waals surface area (Å²) in [7, 11) is 0. The van der Waals surface area contributed by atoms with E-state index in [-0.39, 0.29) is 28.2 Å². The lowest BCUT2D eigenvalue weighted by atomic mass is 10.2. The molecule has 0 saturated heterocycles. The van der Waals surface area contributed by atoms with Crippen molar-refractivity contribution in [3.8, 4) is 10.9 Å². The van der Waals surface area contributed by atoms with Crippen LogP contribution in [0.3, 0.4) is 0 Å². The highest BCUT2D eigenvalue weighted by atomic mass is 32.1. The van der Waals surface area contributed by atoms with Crippen molar-refractivity contribution >= 4 is 23.0 Å². The van der Waals surface area contributed by atoms with Gasteiger partial charge in [-0.05, 0) is 36.8 Å². The average molecular weight is 309 g/mol. The molecular formula is C12H11N3O5S. The van der Waals surface area contributed by atoms with Crippen LogP contribution in [0.2, 0.25) is 0 Å². The highest BCUT2D eigenvalue weighted by Gasteiger charge is 2.19. The smallest absolute Gasteiger partial charge is 0.369 e. The van der Waals surface area contributed by atoms with Crippen LogP contribution in [0.5, 0.6) is 10.9 Å². The molecule has 0 radical (unpaired) electrons. The molecule has 0 saturated carbocycles. The number of ether oxygens (including phenoxy) is 2. The number of esters is 1. The molecule has 21 heavy (non-hydrogen) atoms. The summed E-state index contributed by atoms with van der Waals surface area (Å²) in [5.74, 6) is -0.560. The van der Waals surface area contributed by atoms with Crippen molar-refractivity contribution in [1.29, 1.82) is 0 Å². The first-order valence-electron chi connectivity index (χ1n) is 5.94. The Morgan fingerprint density at radius 2 is 2.19 bits per heavy atom. The molecule has 0 aliphatic rings. The Labute approximate surface area is 123 Å². The zero-order valence-electron chi connectivity index (χ0n) is 11.2. The van der Waals surface area contributed by atoms with Crippen molar-refractivity contribution in [3.63, 3.8) is 0 Å². The van der Waals surface area contributed by atoms with E-state index >= 15 is 0 Å². The second-order valence-corrected chi connectivity index (χ2v) is 4.86. The molecule has 0 spiro atoms. The first kappa shape index (κ1) is 14.9. The SMILES string of the molecule is CCOC(=O)c1nnc(Oc2cc(C)ccc2[N+](=O)[O-])s1. The van der Waals surface area contributed by atoms with Crippen molar-refractivity contribution in [2.24, 2.45) is 0 Å². The summed E-state index contributed by atoms with van der Waals surface area (Å²) in [6.45, 7) is 3.67. The van der Waals surface area contributed by atoms with Gasteiger partial charge in [-0.2, -0.15) is 0 Å². The molecule has 0 unspecified atom stereocenters. The van der Waals surface area contributed by atoms with E-state index in [1.165, 1.54) is 12.1 Å². The largest absolute Gasteiger partial charge is 0.461 e. The summed E-state index contributed by atoms with van der Waals surface area (Å²) in [4.78, 5) is 21.8. The summed E-state index contributed by atoms with van der Waals surface area (Å²) in [5.41, 5.74) is 0.610. The molecule has 2 rings (SSSR count). The number of aromatic nitrogens is 2. The van der Waals surface area contributed by atoms with Crippen LogP contribution in [0.1, 0.15) is 22.3 Å². The van der Waals surface area contributed by atoms with Crippen molar-refractivity contribution < 1.29 is 19.2 Å². The maximum Gasteiger partial charge on any atom is 0.369 e. The van der Waals surface area contributed by atoms with Gasteiger partial charge < -0.3 is 9.47 Å². The second-order valence-electron chi connectivity index (χ2n) is 3.92. The zero-order valence-corrected chi connectivity index (χ0v) is 12.0. The lowest BCUT2D eigenvalue weighted by Gasteiger charge is -2.03. The molecule has 110 valence electrons. The molecule has 0 N–H and O–H groups in total. The summed E-state index contributed by atoms with van der Waals surface area (Å²) in [6, 6.07) is 4.47. The average Bonchev–Trinajstić information content (AvgIpc) is 2.87. The van der Waals surface area contributed by atoms with Crippen molar-refractivity contribution in [2.75, 3.05) is 6.61 Å². The molecule has 0 aliphatic heterocycles. The van der Waals surface area contributed by atoms with Gasteiger partial charge in [0.2, 0.25) is 10.8 Å². The third-order valence-corrected chi connectivity index (χ3v) is 3.15. The molecule has 0 aliphatic carbocycles. The van der Waals surface area contributed by atoms with E-state index in [1.54, 1.807) is 19.9 Å². The second kappa shape index (κ2) is 6.27. The first-order valence-corrected chi connectivity index (χ1v) is 6.76. The summed E-state index contributed by atoms with van der Waals surface area (Å²) < 4.78 is 10.1. The molecular weight excluding hydrogens is 298 g/mol. The number of aryl methyl sites for hydroxylation is 1. The first-order chi connectivity index (χ1) is 10.0. The molecule has 1 aromatic heterocycles. The van der Waals surface area contributed by atoms with E-state index in [2.05, 4.69) is 10.2 Å². The molecule has 1 aromatic carbocycles. The van der Waals surface area contributed by atoms with Crippen molar-refractivity contribution in [1.82, 2.24) is 10.2 Å². The minimum absolute atomic E-state index is 0.0298. The van der Waals surface area contributed by atoms with Crippen LogP contribution in [-0.4, -0.2) is 27.7 Å². The number of nitrogens with zero attached hydrogens (tertiary/aromatic N) is 3. The molecule has 8 nitrogen and oxygen atoms in total. The highest BCUT2D eigenvalue weighted by molar-refractivity contribution is 7.14. The number of carbonyl (C=O) groups excluding carboxylic acids is 1. The Balaban J connectivity index is 2.24. The van der Waals surface area contributed by atoms with Gasteiger partial charge in [0.05, 0.1) is 11.5 Å². The monoisotopic (exact) mass is 309 g/mol. The summed E-state index contributed by atoms with van der Waals surface area (Å²) >= 11 is 0.860. The van der Waals surface area contributed by atoms with Gasteiger partial charge in [0.1, 0.15) is 0 Å². The Morgan fingerprint density at radius 1 is 1.43 bits per heavy atom. The van der Waals surface area contributed by atoms with E-state index in [0.717, 1.165) is 16.9 Å². The predicted octanol–water partition coefficient (Wildman–Crippen LogP) is 2.72. The fraction of sp³-hybridized carbons (Fsp3) is 0.250. The lowest BCUT2D eigenvalue weighted by Crippen LogP contribution is -2.03. The van der Waals surface area contributed by atoms with E-state index in [4.69, 9.17) is 9.47 Å². The van der Waals surface area contributed by atoms with E-state index in [0.29, 0.717) is 0 Å². The van der Waals surface area contributed by atoms with Crippen LogP contribution in [0.15, 0.2) is 18.2 Å². The third-order valence-electron chi connectivity index (χ3n) is 2.37. The maximum atomic E-state index is 11.5. The molecule has 9 heteroatoms. The van der Waals surface area contributed by atoms with Gasteiger partial charge in [-0.1, -0.05) is 11.2 Å². The minimum Gasteiger partial charge on any atom is -0.461 e. The van der Waals surface area contributed by atoms with Gasteiger partial charge in [-0.25, -0.2) is 4.79 Å². The number of nitro benzene ring substituents is 1. The Morgan fingerprint density at radius 3 is 2.86 bits per heavy atom. The Bertz CT molecular complexity index is 685. The quantitative estimate of drug-likeness (QED) is 0.475. The predicted molar refractivity (Wildman–Crippen MR) is 73.8 cm³/mol. The fourth-order valence-corrected chi connectivity index (χ4v) is 2.08. The number of rotatable bonds is 5. The molecule has 1 heterocycles. The standard InChI is InChI=1S/C12H11N3O5S/c1-3-19-11(16)10-13-14-12(21-10)20-9-6-7(2)4-5-8(9)15(17)18/h4-6H,3H2,1-2H3. The summed E-state index contributed by atoms with van der Waals surface area (Å²) in [6.07, 6.45) is 0. The molecule has 0 bridgehead atoms. The number of carbonyl (C=O) groups is 1. The van der Waals surface area contributed by atoms with Crippen LogP contribution in [0, 0.1) is 17.0 Å². The van der Waals surface area contributed by atoms with Crippen LogP contribution in [0.4, 0.5) is 5.69 Å². The zero-order chi connectivity index (χ0) is 15.4. The normalized spacial score (nSPS) is 10.2. The highest BCUT2D eigenvalue weighted by Crippen LogP contribution is 2.33. The van der Waals surface area contributed by atoms with Gasteiger partial charge in [-0.15, -0.1) is 5.10 Å². The van der Waals surface area contributed by atoms with Crippen LogP contribution in [0.25, 0.3) is 0 Å². The van der Waals surface area contributed by atoms with Crippen molar-refractivity contribution in [2.45, 2.75) is 13.8 Å². The molecule has 0 fully saturated rings. The van der Waals surface area contributed by atoms with Crippen molar-refractivity contribution in [3.05, 3.63) is 38.9 Å². The van der Waals surface area contributed by atoms with Crippen LogP contribution >= 0.6 is 11.3 Å².